The predicted molar refractivity (Wildman–Crippen MR) is 146 cm³/mol. The Morgan fingerprint density at radius 1 is 1.05 bits per heavy atom. The van der Waals surface area contributed by atoms with Gasteiger partial charge in [-0.05, 0) is 43.5 Å². The number of aryl methyl sites for hydroxylation is 2. The molecule has 1 amide bonds. The molecule has 0 radical (unpaired) electrons. The van der Waals surface area contributed by atoms with Gasteiger partial charge in [-0.1, -0.05) is 54.2 Å². The van der Waals surface area contributed by atoms with Gasteiger partial charge in [0.2, 0.25) is 5.91 Å². The van der Waals surface area contributed by atoms with Crippen LogP contribution in [0.3, 0.4) is 0 Å². The summed E-state index contributed by atoms with van der Waals surface area (Å²) in [5.74, 6) is 0.805. The molecule has 2 aromatic carbocycles. The topological polar surface area (TPSA) is 95.3 Å². The van der Waals surface area contributed by atoms with Crippen molar-refractivity contribution < 1.29 is 19.1 Å². The van der Waals surface area contributed by atoms with Gasteiger partial charge in [-0.25, -0.2) is 4.79 Å². The second-order valence-electron chi connectivity index (χ2n) is 8.38. The lowest BCUT2D eigenvalue weighted by atomic mass is 10.0. The number of nitrogens with zero attached hydrogens (tertiary/aromatic N) is 3. The lowest BCUT2D eigenvalue weighted by Gasteiger charge is -2.10. The molecule has 192 valence electrons. The first kappa shape index (κ1) is 26.4. The van der Waals surface area contributed by atoms with Crippen LogP contribution in [0.4, 0.5) is 5.00 Å². The number of esters is 1. The van der Waals surface area contributed by atoms with Crippen LogP contribution < -0.4 is 10.1 Å². The summed E-state index contributed by atoms with van der Waals surface area (Å²) in [6.45, 7) is 6.24. The molecule has 37 heavy (non-hydrogen) atoms. The molecule has 8 nitrogen and oxygen atoms in total. The normalized spacial score (nSPS) is 10.8. The quantitative estimate of drug-likeness (QED) is 0.221. The van der Waals surface area contributed by atoms with Gasteiger partial charge in [0, 0.05) is 17.5 Å². The summed E-state index contributed by atoms with van der Waals surface area (Å²) >= 11 is 2.61. The van der Waals surface area contributed by atoms with Gasteiger partial charge in [0.25, 0.3) is 0 Å². The van der Waals surface area contributed by atoms with Gasteiger partial charge in [0.05, 0.1) is 12.9 Å². The number of hydrogen-bond donors (Lipinski definition) is 1. The van der Waals surface area contributed by atoms with E-state index in [4.69, 9.17) is 9.47 Å². The van der Waals surface area contributed by atoms with E-state index in [1.54, 1.807) is 0 Å². The molecule has 0 aliphatic rings. The third-order valence-corrected chi connectivity index (χ3v) is 8.00. The standard InChI is InChI=1S/C27H28N4O4S2/c1-16-10-9-13-20(17(16)2)35-14-21-29-30-27(31(21)4)36-15-22(32)28-25-24(26(33)34-5)23(18(3)37-25)19-11-7-6-8-12-19/h6-13H,14-15H2,1-5H3,(H,28,32). The van der Waals surface area contributed by atoms with Gasteiger partial charge in [-0.3, -0.25) is 4.79 Å². The molecule has 0 spiro atoms. The Morgan fingerprint density at radius 2 is 1.81 bits per heavy atom. The SMILES string of the molecule is COC(=O)c1c(NC(=O)CSc2nnc(COc3cccc(C)c3C)n2C)sc(C)c1-c1ccccc1. The highest BCUT2D eigenvalue weighted by atomic mass is 32.2. The van der Waals surface area contributed by atoms with Gasteiger partial charge in [0.1, 0.15) is 22.9 Å². The van der Waals surface area contributed by atoms with Gasteiger partial charge in [-0.2, -0.15) is 0 Å². The Hall–Kier alpha value is -3.63. The van der Waals surface area contributed by atoms with E-state index >= 15 is 0 Å². The molecular formula is C27H28N4O4S2. The van der Waals surface area contributed by atoms with Crippen LogP contribution in [0.25, 0.3) is 11.1 Å². The van der Waals surface area contributed by atoms with E-state index in [2.05, 4.69) is 15.5 Å². The van der Waals surface area contributed by atoms with Crippen LogP contribution in [0, 0.1) is 20.8 Å². The second-order valence-corrected chi connectivity index (χ2v) is 10.5. The fraction of sp³-hybridized carbons (Fsp3) is 0.259. The van der Waals surface area contributed by atoms with Crippen molar-refractivity contribution in [2.75, 3.05) is 18.2 Å². The van der Waals surface area contributed by atoms with Crippen LogP contribution in [0.1, 0.15) is 32.2 Å². The maximum absolute atomic E-state index is 12.8. The van der Waals surface area contributed by atoms with Gasteiger partial charge in [-0.15, -0.1) is 21.5 Å². The maximum atomic E-state index is 12.8. The van der Waals surface area contributed by atoms with E-state index < -0.39 is 5.97 Å². The number of hydrogen-bond acceptors (Lipinski definition) is 8. The molecule has 1 N–H and O–H groups in total. The number of benzene rings is 2. The van der Waals surface area contributed by atoms with E-state index in [-0.39, 0.29) is 18.3 Å². The number of amides is 1. The van der Waals surface area contributed by atoms with Crippen LogP contribution in [0.2, 0.25) is 0 Å². The van der Waals surface area contributed by atoms with Gasteiger partial charge >= 0.3 is 5.97 Å². The Balaban J connectivity index is 1.43. The summed E-state index contributed by atoms with van der Waals surface area (Å²) < 4.78 is 12.8. The van der Waals surface area contributed by atoms with Gasteiger partial charge < -0.3 is 19.4 Å². The van der Waals surface area contributed by atoms with E-state index in [1.165, 1.54) is 30.2 Å². The molecule has 0 aliphatic carbocycles. The molecule has 0 saturated heterocycles. The van der Waals surface area contributed by atoms with Crippen molar-refractivity contribution in [2.24, 2.45) is 7.05 Å². The number of carbonyl (C=O) groups is 2. The van der Waals surface area contributed by atoms with E-state index in [1.807, 2.05) is 80.9 Å². The minimum Gasteiger partial charge on any atom is -0.485 e. The number of nitrogens with one attached hydrogen (secondary N) is 1. The number of anilines is 1. The van der Waals surface area contributed by atoms with Gasteiger partial charge in [0.15, 0.2) is 11.0 Å². The number of carbonyl (C=O) groups excluding carboxylic acids is 2. The summed E-state index contributed by atoms with van der Waals surface area (Å²) in [6, 6.07) is 15.5. The molecule has 2 heterocycles. The van der Waals surface area contributed by atoms with E-state index in [9.17, 15) is 9.59 Å². The van der Waals surface area contributed by atoms with Crippen molar-refractivity contribution in [2.45, 2.75) is 32.5 Å². The van der Waals surface area contributed by atoms with Crippen molar-refractivity contribution in [3.8, 4) is 16.9 Å². The lowest BCUT2D eigenvalue weighted by molar-refractivity contribution is -0.113. The predicted octanol–water partition coefficient (Wildman–Crippen LogP) is 5.57. The van der Waals surface area contributed by atoms with Crippen molar-refractivity contribution in [1.82, 2.24) is 14.8 Å². The van der Waals surface area contributed by atoms with Crippen molar-refractivity contribution in [1.29, 1.82) is 0 Å². The summed E-state index contributed by atoms with van der Waals surface area (Å²) in [4.78, 5) is 26.4. The highest BCUT2D eigenvalue weighted by Gasteiger charge is 2.25. The third-order valence-electron chi connectivity index (χ3n) is 5.96. The number of thiophene rings is 1. The van der Waals surface area contributed by atoms with Crippen LogP contribution in [-0.2, 0) is 23.2 Å². The largest absolute Gasteiger partial charge is 0.485 e. The Bertz CT molecular complexity index is 1430. The van der Waals surface area contributed by atoms with E-state index in [0.29, 0.717) is 21.5 Å². The smallest absolute Gasteiger partial charge is 0.341 e. The number of methoxy groups -OCH3 is 1. The monoisotopic (exact) mass is 536 g/mol. The molecule has 0 saturated carbocycles. The van der Waals surface area contributed by atoms with Crippen molar-refractivity contribution in [3.05, 3.63) is 75.9 Å². The lowest BCUT2D eigenvalue weighted by Crippen LogP contribution is -2.16. The Labute approximate surface area is 224 Å². The molecule has 2 aromatic heterocycles. The molecule has 0 fully saturated rings. The molecule has 0 aliphatic heterocycles. The number of thioether (sulfide) groups is 1. The zero-order valence-corrected chi connectivity index (χ0v) is 23.0. The van der Waals surface area contributed by atoms with Crippen LogP contribution in [0.5, 0.6) is 5.75 Å². The first-order valence-electron chi connectivity index (χ1n) is 11.6. The Kier molecular flexibility index (Phi) is 8.30. The molecular weight excluding hydrogens is 508 g/mol. The highest BCUT2D eigenvalue weighted by Crippen LogP contribution is 2.40. The second kappa shape index (κ2) is 11.6. The average molecular weight is 537 g/mol. The fourth-order valence-corrected chi connectivity index (χ4v) is 5.60. The minimum atomic E-state index is -0.493. The number of ether oxygens (including phenoxy) is 2. The number of aromatic nitrogens is 3. The van der Waals surface area contributed by atoms with Crippen molar-refractivity contribution in [3.63, 3.8) is 0 Å². The summed E-state index contributed by atoms with van der Waals surface area (Å²) in [5, 5.41) is 12.4. The fourth-order valence-electron chi connectivity index (χ4n) is 3.79. The summed E-state index contributed by atoms with van der Waals surface area (Å²) in [5.41, 5.74) is 4.26. The summed E-state index contributed by atoms with van der Waals surface area (Å²) in [7, 11) is 3.17. The first-order chi connectivity index (χ1) is 17.8. The third kappa shape index (κ3) is 5.86. The summed E-state index contributed by atoms with van der Waals surface area (Å²) in [6.07, 6.45) is 0. The molecule has 0 atom stereocenters. The first-order valence-corrected chi connectivity index (χ1v) is 13.4. The van der Waals surface area contributed by atoms with Crippen LogP contribution in [0.15, 0.2) is 53.7 Å². The maximum Gasteiger partial charge on any atom is 0.341 e. The van der Waals surface area contributed by atoms with Crippen LogP contribution in [-0.4, -0.2) is 39.5 Å². The van der Waals surface area contributed by atoms with E-state index in [0.717, 1.165) is 32.9 Å². The molecule has 4 rings (SSSR count). The highest BCUT2D eigenvalue weighted by molar-refractivity contribution is 7.99. The molecule has 0 bridgehead atoms. The number of rotatable bonds is 9. The van der Waals surface area contributed by atoms with Crippen LogP contribution >= 0.6 is 23.1 Å². The zero-order valence-electron chi connectivity index (χ0n) is 21.3. The van der Waals surface area contributed by atoms with Crippen molar-refractivity contribution >= 4 is 40.0 Å². The average Bonchev–Trinajstić information content (AvgIpc) is 3.41. The Morgan fingerprint density at radius 3 is 2.54 bits per heavy atom. The minimum absolute atomic E-state index is 0.0993. The molecule has 4 aromatic rings. The zero-order chi connectivity index (χ0) is 26.5. The molecule has 0 unspecified atom stereocenters. The molecule has 10 heteroatoms.